The third-order valence-electron chi connectivity index (χ3n) is 3.53. The number of aliphatic carboxylic acids is 1. The van der Waals surface area contributed by atoms with E-state index in [1.54, 1.807) is 30.3 Å². The summed E-state index contributed by atoms with van der Waals surface area (Å²) in [5.74, 6) is -1.18. The first-order chi connectivity index (χ1) is 10.5. The number of carboxylic acids is 1. The van der Waals surface area contributed by atoms with Crippen molar-refractivity contribution in [1.29, 1.82) is 0 Å². The number of amides is 1. The fourth-order valence-electron chi connectivity index (χ4n) is 2.30. The van der Waals surface area contributed by atoms with E-state index in [4.69, 9.17) is 4.42 Å². The SMILES string of the molecule is CCc1oc(C(=O)NCC(C(=O)O)c2ccccc2)cc1C. The molecule has 0 radical (unpaired) electrons. The van der Waals surface area contributed by atoms with Crippen LogP contribution in [0, 0.1) is 6.92 Å². The fourth-order valence-corrected chi connectivity index (χ4v) is 2.30. The Morgan fingerprint density at radius 3 is 2.50 bits per heavy atom. The second-order valence-electron chi connectivity index (χ2n) is 5.08. The number of rotatable bonds is 6. The van der Waals surface area contributed by atoms with Gasteiger partial charge in [-0.25, -0.2) is 0 Å². The van der Waals surface area contributed by atoms with Crippen LogP contribution in [-0.2, 0) is 11.2 Å². The molecular formula is C17H19NO4. The molecule has 0 fully saturated rings. The Morgan fingerprint density at radius 2 is 1.95 bits per heavy atom. The van der Waals surface area contributed by atoms with Crippen molar-refractivity contribution in [2.24, 2.45) is 0 Å². The van der Waals surface area contributed by atoms with E-state index in [9.17, 15) is 14.7 Å². The van der Waals surface area contributed by atoms with Crippen molar-refractivity contribution in [3.05, 3.63) is 59.0 Å². The van der Waals surface area contributed by atoms with Crippen LogP contribution < -0.4 is 5.32 Å². The van der Waals surface area contributed by atoms with E-state index in [1.807, 2.05) is 19.9 Å². The van der Waals surface area contributed by atoms with Crippen LogP contribution in [-0.4, -0.2) is 23.5 Å². The summed E-state index contributed by atoms with van der Waals surface area (Å²) in [6.45, 7) is 3.84. The van der Waals surface area contributed by atoms with Gasteiger partial charge in [0.15, 0.2) is 5.76 Å². The Hall–Kier alpha value is -2.56. The number of aryl methyl sites for hydroxylation is 2. The molecule has 1 unspecified atom stereocenters. The van der Waals surface area contributed by atoms with E-state index >= 15 is 0 Å². The number of furan rings is 1. The number of benzene rings is 1. The molecule has 0 bridgehead atoms. The lowest BCUT2D eigenvalue weighted by Gasteiger charge is -2.13. The average molecular weight is 301 g/mol. The molecule has 5 heteroatoms. The highest BCUT2D eigenvalue weighted by molar-refractivity contribution is 5.92. The van der Waals surface area contributed by atoms with Crippen molar-refractivity contribution < 1.29 is 19.1 Å². The molecule has 2 aromatic rings. The molecule has 2 N–H and O–H groups in total. The van der Waals surface area contributed by atoms with Gasteiger partial charge >= 0.3 is 5.97 Å². The lowest BCUT2D eigenvalue weighted by molar-refractivity contribution is -0.138. The molecule has 2 rings (SSSR count). The molecule has 0 saturated carbocycles. The van der Waals surface area contributed by atoms with Gasteiger partial charge in [0.05, 0.1) is 5.92 Å². The topological polar surface area (TPSA) is 79.5 Å². The first-order valence-corrected chi connectivity index (χ1v) is 7.18. The summed E-state index contributed by atoms with van der Waals surface area (Å²) in [6, 6.07) is 10.5. The Morgan fingerprint density at radius 1 is 1.27 bits per heavy atom. The zero-order chi connectivity index (χ0) is 16.1. The molecule has 0 aliphatic heterocycles. The van der Waals surface area contributed by atoms with Crippen LogP contribution in [0.15, 0.2) is 40.8 Å². The predicted octanol–water partition coefficient (Wildman–Crippen LogP) is 2.75. The van der Waals surface area contributed by atoms with Gasteiger partial charge in [0.2, 0.25) is 0 Å². The van der Waals surface area contributed by atoms with Crippen LogP contribution >= 0.6 is 0 Å². The number of hydrogen-bond acceptors (Lipinski definition) is 3. The molecule has 1 atom stereocenters. The van der Waals surface area contributed by atoms with Crippen molar-refractivity contribution in [1.82, 2.24) is 5.32 Å². The van der Waals surface area contributed by atoms with Gasteiger partial charge in [0.1, 0.15) is 5.76 Å². The summed E-state index contributed by atoms with van der Waals surface area (Å²) in [5, 5.41) is 12.0. The Kier molecular flexibility index (Phi) is 4.99. The fraction of sp³-hybridized carbons (Fsp3) is 0.294. The van der Waals surface area contributed by atoms with Gasteiger partial charge in [-0.3, -0.25) is 9.59 Å². The number of hydrogen-bond donors (Lipinski definition) is 2. The van der Waals surface area contributed by atoms with Crippen LogP contribution in [0.3, 0.4) is 0 Å². The molecular weight excluding hydrogens is 282 g/mol. The van der Waals surface area contributed by atoms with Gasteiger partial charge in [-0.05, 0) is 24.1 Å². The van der Waals surface area contributed by atoms with Crippen molar-refractivity contribution in [3.63, 3.8) is 0 Å². The third kappa shape index (κ3) is 3.55. The molecule has 5 nitrogen and oxygen atoms in total. The summed E-state index contributed by atoms with van der Waals surface area (Å²) in [4.78, 5) is 23.5. The molecule has 116 valence electrons. The van der Waals surface area contributed by atoms with Crippen LogP contribution in [0.4, 0.5) is 0 Å². The smallest absolute Gasteiger partial charge is 0.312 e. The van der Waals surface area contributed by atoms with E-state index < -0.39 is 17.8 Å². The Bertz CT molecular complexity index is 661. The molecule has 0 aliphatic rings. The monoisotopic (exact) mass is 301 g/mol. The number of carboxylic acid groups (broad SMARTS) is 1. The largest absolute Gasteiger partial charge is 0.481 e. The average Bonchev–Trinajstić information content (AvgIpc) is 2.89. The second-order valence-corrected chi connectivity index (χ2v) is 5.08. The summed E-state index contributed by atoms with van der Waals surface area (Å²) in [5.41, 5.74) is 1.57. The maximum absolute atomic E-state index is 12.1. The zero-order valence-electron chi connectivity index (χ0n) is 12.6. The molecule has 0 saturated heterocycles. The van der Waals surface area contributed by atoms with Crippen molar-refractivity contribution in [3.8, 4) is 0 Å². The zero-order valence-corrected chi connectivity index (χ0v) is 12.6. The Labute approximate surface area is 129 Å². The minimum absolute atomic E-state index is 0.0133. The van der Waals surface area contributed by atoms with E-state index in [0.717, 1.165) is 11.3 Å². The molecule has 0 spiro atoms. The van der Waals surface area contributed by atoms with Crippen molar-refractivity contribution in [2.45, 2.75) is 26.2 Å². The molecule has 0 aliphatic carbocycles. The standard InChI is InChI=1S/C17H19NO4/c1-3-14-11(2)9-15(22-14)16(19)18-10-13(17(20)21)12-7-5-4-6-8-12/h4-9,13H,3,10H2,1-2H3,(H,18,19)(H,20,21). The predicted molar refractivity (Wildman–Crippen MR) is 82.0 cm³/mol. The maximum Gasteiger partial charge on any atom is 0.312 e. The quantitative estimate of drug-likeness (QED) is 0.859. The van der Waals surface area contributed by atoms with Gasteiger partial charge in [-0.2, -0.15) is 0 Å². The van der Waals surface area contributed by atoms with Gasteiger partial charge in [0.25, 0.3) is 5.91 Å². The number of carbonyl (C=O) groups is 2. The number of nitrogens with one attached hydrogen (secondary N) is 1. The maximum atomic E-state index is 12.1. The van der Waals surface area contributed by atoms with Crippen LogP contribution in [0.2, 0.25) is 0 Å². The van der Waals surface area contributed by atoms with Crippen LogP contribution in [0.25, 0.3) is 0 Å². The lowest BCUT2D eigenvalue weighted by Crippen LogP contribution is -2.31. The summed E-state index contributed by atoms with van der Waals surface area (Å²) < 4.78 is 5.46. The second kappa shape index (κ2) is 6.93. The summed E-state index contributed by atoms with van der Waals surface area (Å²) >= 11 is 0. The Balaban J connectivity index is 2.06. The molecule has 1 heterocycles. The first kappa shape index (κ1) is 15.8. The number of carbonyl (C=O) groups excluding carboxylic acids is 1. The van der Waals surface area contributed by atoms with E-state index in [1.165, 1.54) is 0 Å². The molecule has 1 amide bonds. The highest BCUT2D eigenvalue weighted by Gasteiger charge is 2.22. The first-order valence-electron chi connectivity index (χ1n) is 7.18. The minimum atomic E-state index is -0.976. The highest BCUT2D eigenvalue weighted by Crippen LogP contribution is 2.17. The molecule has 1 aromatic heterocycles. The van der Waals surface area contributed by atoms with Gasteiger partial charge in [-0.15, -0.1) is 0 Å². The summed E-state index contributed by atoms with van der Waals surface area (Å²) in [7, 11) is 0. The third-order valence-corrected chi connectivity index (χ3v) is 3.53. The van der Waals surface area contributed by atoms with E-state index in [2.05, 4.69) is 5.32 Å². The van der Waals surface area contributed by atoms with Crippen LogP contribution in [0.5, 0.6) is 0 Å². The normalized spacial score (nSPS) is 11.9. The lowest BCUT2D eigenvalue weighted by atomic mass is 9.99. The van der Waals surface area contributed by atoms with Gasteiger partial charge in [0, 0.05) is 13.0 Å². The highest BCUT2D eigenvalue weighted by atomic mass is 16.4. The van der Waals surface area contributed by atoms with Crippen LogP contribution in [0.1, 0.15) is 40.3 Å². The molecule has 1 aromatic carbocycles. The van der Waals surface area contributed by atoms with Gasteiger partial charge in [-0.1, -0.05) is 37.3 Å². The van der Waals surface area contributed by atoms with Crippen molar-refractivity contribution >= 4 is 11.9 Å². The van der Waals surface area contributed by atoms with E-state index in [0.29, 0.717) is 12.0 Å². The summed E-state index contributed by atoms with van der Waals surface area (Å²) in [6.07, 6.45) is 0.709. The molecule has 22 heavy (non-hydrogen) atoms. The van der Waals surface area contributed by atoms with Gasteiger partial charge < -0.3 is 14.8 Å². The van der Waals surface area contributed by atoms with E-state index in [-0.39, 0.29) is 12.3 Å². The minimum Gasteiger partial charge on any atom is -0.481 e. The van der Waals surface area contributed by atoms with Crippen molar-refractivity contribution in [2.75, 3.05) is 6.54 Å².